The van der Waals surface area contributed by atoms with Crippen molar-refractivity contribution >= 4 is 5.69 Å². The van der Waals surface area contributed by atoms with E-state index in [0.29, 0.717) is 6.42 Å². The van der Waals surface area contributed by atoms with Gasteiger partial charge in [0.2, 0.25) is 0 Å². The van der Waals surface area contributed by atoms with E-state index in [0.717, 1.165) is 31.7 Å². The fourth-order valence-electron chi connectivity index (χ4n) is 1.59. The number of methoxy groups -OCH3 is 1. The zero-order valence-corrected chi connectivity index (χ0v) is 10.0. The zero-order chi connectivity index (χ0) is 12.5. The van der Waals surface area contributed by atoms with Crippen LogP contribution in [0.15, 0.2) is 24.3 Å². The quantitative estimate of drug-likeness (QED) is 0.426. The van der Waals surface area contributed by atoms with Crippen LogP contribution in [0.5, 0.6) is 0 Å². The minimum Gasteiger partial charge on any atom is -0.385 e. The Labute approximate surface area is 101 Å². The van der Waals surface area contributed by atoms with Gasteiger partial charge in [0.25, 0.3) is 5.69 Å². The summed E-state index contributed by atoms with van der Waals surface area (Å²) in [7, 11) is 1.67. The molecular formula is C12H18N2O3. The lowest BCUT2D eigenvalue weighted by Crippen LogP contribution is -2.19. The Morgan fingerprint density at radius 2 is 2.12 bits per heavy atom. The van der Waals surface area contributed by atoms with E-state index in [1.807, 2.05) is 6.07 Å². The first-order chi connectivity index (χ1) is 8.25. The van der Waals surface area contributed by atoms with E-state index in [1.165, 1.54) is 0 Å². The predicted molar refractivity (Wildman–Crippen MR) is 66.2 cm³/mol. The Hall–Kier alpha value is -1.46. The van der Waals surface area contributed by atoms with Crippen LogP contribution in [0.25, 0.3) is 0 Å². The standard InChI is InChI=1S/C12H18N2O3/c1-17-10-4-8-13-9-7-11-5-2-3-6-12(11)14(15)16/h2-3,5-6,13H,4,7-10H2,1H3. The van der Waals surface area contributed by atoms with E-state index in [1.54, 1.807) is 25.3 Å². The summed E-state index contributed by atoms with van der Waals surface area (Å²) in [4.78, 5) is 10.4. The van der Waals surface area contributed by atoms with E-state index in [2.05, 4.69) is 5.32 Å². The second-order valence-electron chi connectivity index (χ2n) is 3.73. The van der Waals surface area contributed by atoms with Crippen molar-refractivity contribution in [3.63, 3.8) is 0 Å². The molecular weight excluding hydrogens is 220 g/mol. The molecule has 0 saturated carbocycles. The summed E-state index contributed by atoms with van der Waals surface area (Å²) in [6, 6.07) is 6.86. The minimum absolute atomic E-state index is 0.200. The first kappa shape index (κ1) is 13.6. The number of nitrogens with zero attached hydrogens (tertiary/aromatic N) is 1. The number of hydrogen-bond acceptors (Lipinski definition) is 4. The van der Waals surface area contributed by atoms with Gasteiger partial charge in [-0.2, -0.15) is 0 Å². The monoisotopic (exact) mass is 238 g/mol. The van der Waals surface area contributed by atoms with Gasteiger partial charge in [-0.15, -0.1) is 0 Å². The summed E-state index contributed by atoms with van der Waals surface area (Å²) in [5.41, 5.74) is 0.975. The highest BCUT2D eigenvalue weighted by Gasteiger charge is 2.10. The van der Waals surface area contributed by atoms with E-state index >= 15 is 0 Å². The van der Waals surface area contributed by atoms with Crippen LogP contribution in [0, 0.1) is 10.1 Å². The van der Waals surface area contributed by atoms with Crippen molar-refractivity contribution in [3.8, 4) is 0 Å². The number of ether oxygens (including phenoxy) is 1. The molecule has 0 unspecified atom stereocenters. The van der Waals surface area contributed by atoms with Gasteiger partial charge in [-0.05, 0) is 25.9 Å². The van der Waals surface area contributed by atoms with Gasteiger partial charge in [-0.25, -0.2) is 0 Å². The average molecular weight is 238 g/mol. The predicted octanol–water partition coefficient (Wildman–Crippen LogP) is 1.76. The Bertz CT molecular complexity index is 355. The fourth-order valence-corrected chi connectivity index (χ4v) is 1.59. The summed E-state index contributed by atoms with van der Waals surface area (Å²) >= 11 is 0. The number of nitro groups is 1. The summed E-state index contributed by atoms with van der Waals surface area (Å²) in [5, 5.41) is 14.0. The largest absolute Gasteiger partial charge is 0.385 e. The van der Waals surface area contributed by atoms with Crippen molar-refractivity contribution < 1.29 is 9.66 Å². The van der Waals surface area contributed by atoms with Crippen LogP contribution in [0.1, 0.15) is 12.0 Å². The Morgan fingerprint density at radius 3 is 2.82 bits per heavy atom. The number of para-hydroxylation sites is 1. The van der Waals surface area contributed by atoms with Crippen LogP contribution >= 0.6 is 0 Å². The molecule has 0 aliphatic rings. The topological polar surface area (TPSA) is 64.4 Å². The van der Waals surface area contributed by atoms with Crippen LogP contribution in [0.4, 0.5) is 5.69 Å². The zero-order valence-electron chi connectivity index (χ0n) is 10.0. The molecule has 5 nitrogen and oxygen atoms in total. The molecule has 0 radical (unpaired) electrons. The van der Waals surface area contributed by atoms with E-state index in [9.17, 15) is 10.1 Å². The Kier molecular flexibility index (Phi) is 6.21. The summed E-state index contributed by atoms with van der Waals surface area (Å²) in [6.45, 7) is 2.35. The van der Waals surface area contributed by atoms with Gasteiger partial charge in [-0.1, -0.05) is 18.2 Å². The lowest BCUT2D eigenvalue weighted by Gasteiger charge is -2.05. The second kappa shape index (κ2) is 7.76. The van der Waals surface area contributed by atoms with Crippen molar-refractivity contribution in [2.75, 3.05) is 26.8 Å². The van der Waals surface area contributed by atoms with Crippen molar-refractivity contribution in [1.82, 2.24) is 5.32 Å². The molecule has 5 heteroatoms. The van der Waals surface area contributed by atoms with Gasteiger partial charge in [0.05, 0.1) is 4.92 Å². The van der Waals surface area contributed by atoms with Gasteiger partial charge in [0.15, 0.2) is 0 Å². The SMILES string of the molecule is COCCCNCCc1ccccc1[N+](=O)[O-]. The molecule has 0 aliphatic heterocycles. The molecule has 94 valence electrons. The molecule has 0 fully saturated rings. The number of nitro benzene ring substituents is 1. The van der Waals surface area contributed by atoms with E-state index < -0.39 is 0 Å². The van der Waals surface area contributed by atoms with Gasteiger partial charge < -0.3 is 10.1 Å². The first-order valence-electron chi connectivity index (χ1n) is 5.67. The van der Waals surface area contributed by atoms with Crippen LogP contribution in [-0.4, -0.2) is 31.7 Å². The molecule has 1 aromatic rings. The number of hydrogen-bond donors (Lipinski definition) is 1. The molecule has 1 aromatic carbocycles. The molecule has 17 heavy (non-hydrogen) atoms. The second-order valence-corrected chi connectivity index (χ2v) is 3.73. The molecule has 0 heterocycles. The average Bonchev–Trinajstić information content (AvgIpc) is 2.34. The molecule has 0 amide bonds. The third-order valence-corrected chi connectivity index (χ3v) is 2.46. The lowest BCUT2D eigenvalue weighted by atomic mass is 10.1. The summed E-state index contributed by atoms with van der Waals surface area (Å²) in [5.74, 6) is 0. The van der Waals surface area contributed by atoms with Gasteiger partial charge in [0.1, 0.15) is 0 Å². The molecule has 0 aliphatic carbocycles. The van der Waals surface area contributed by atoms with E-state index in [-0.39, 0.29) is 10.6 Å². The molecule has 0 spiro atoms. The van der Waals surface area contributed by atoms with Gasteiger partial charge >= 0.3 is 0 Å². The summed E-state index contributed by atoms with van der Waals surface area (Å²) < 4.78 is 4.93. The molecule has 1 N–H and O–H groups in total. The normalized spacial score (nSPS) is 10.4. The highest BCUT2D eigenvalue weighted by Crippen LogP contribution is 2.17. The van der Waals surface area contributed by atoms with Crippen LogP contribution < -0.4 is 5.32 Å². The molecule has 0 saturated heterocycles. The van der Waals surface area contributed by atoms with Crippen LogP contribution in [0.2, 0.25) is 0 Å². The van der Waals surface area contributed by atoms with Crippen molar-refractivity contribution in [2.24, 2.45) is 0 Å². The molecule has 0 atom stereocenters. The summed E-state index contributed by atoms with van der Waals surface area (Å²) in [6.07, 6.45) is 1.62. The van der Waals surface area contributed by atoms with Gasteiger partial charge in [0, 0.05) is 25.3 Å². The number of rotatable bonds is 8. The lowest BCUT2D eigenvalue weighted by molar-refractivity contribution is -0.385. The van der Waals surface area contributed by atoms with Crippen molar-refractivity contribution in [2.45, 2.75) is 12.8 Å². The highest BCUT2D eigenvalue weighted by molar-refractivity contribution is 5.39. The maximum Gasteiger partial charge on any atom is 0.272 e. The van der Waals surface area contributed by atoms with Crippen LogP contribution in [0.3, 0.4) is 0 Å². The molecule has 0 bridgehead atoms. The van der Waals surface area contributed by atoms with Crippen LogP contribution in [-0.2, 0) is 11.2 Å². The Balaban J connectivity index is 2.34. The van der Waals surface area contributed by atoms with E-state index in [4.69, 9.17) is 4.74 Å². The highest BCUT2D eigenvalue weighted by atomic mass is 16.6. The number of benzene rings is 1. The number of nitrogens with one attached hydrogen (secondary N) is 1. The third kappa shape index (κ3) is 4.93. The van der Waals surface area contributed by atoms with Crippen molar-refractivity contribution in [1.29, 1.82) is 0 Å². The smallest absolute Gasteiger partial charge is 0.272 e. The minimum atomic E-state index is -0.333. The maximum absolute atomic E-state index is 10.8. The van der Waals surface area contributed by atoms with Gasteiger partial charge in [-0.3, -0.25) is 10.1 Å². The third-order valence-electron chi connectivity index (χ3n) is 2.46. The molecule has 0 aromatic heterocycles. The Morgan fingerprint density at radius 1 is 1.35 bits per heavy atom. The fraction of sp³-hybridized carbons (Fsp3) is 0.500. The molecule has 1 rings (SSSR count). The first-order valence-corrected chi connectivity index (χ1v) is 5.67. The van der Waals surface area contributed by atoms with Crippen molar-refractivity contribution in [3.05, 3.63) is 39.9 Å². The maximum atomic E-state index is 10.8.